The second-order valence-corrected chi connectivity index (χ2v) is 5.29. The van der Waals surface area contributed by atoms with Gasteiger partial charge in [0.2, 0.25) is 0 Å². The predicted octanol–water partition coefficient (Wildman–Crippen LogP) is 0.289. The molecule has 0 amide bonds. The lowest BCUT2D eigenvalue weighted by Crippen LogP contribution is -2.53. The van der Waals surface area contributed by atoms with Gasteiger partial charge in [-0.3, -0.25) is 0 Å². The van der Waals surface area contributed by atoms with Crippen LogP contribution in [0, 0.1) is 5.92 Å². The molecule has 0 spiro atoms. The molecule has 0 aromatic heterocycles. The van der Waals surface area contributed by atoms with E-state index in [4.69, 9.17) is 22.9 Å². The average Bonchev–Trinajstić information content (AvgIpc) is 2.28. The lowest BCUT2D eigenvalue weighted by atomic mass is 9.68. The minimum atomic E-state index is -0.0373. The van der Waals surface area contributed by atoms with E-state index in [2.05, 4.69) is 0 Å². The molecule has 0 saturated heterocycles. The van der Waals surface area contributed by atoms with Crippen molar-refractivity contribution in [1.82, 2.24) is 0 Å². The van der Waals surface area contributed by atoms with E-state index in [1.807, 2.05) is 0 Å². The molecule has 1 fully saturated rings. The highest BCUT2D eigenvalue weighted by Crippen LogP contribution is 2.37. The van der Waals surface area contributed by atoms with Gasteiger partial charge in [-0.1, -0.05) is 0 Å². The van der Waals surface area contributed by atoms with Gasteiger partial charge in [0.1, 0.15) is 0 Å². The molecular formula is C12H28N4. The van der Waals surface area contributed by atoms with Gasteiger partial charge in [-0.05, 0) is 64.0 Å². The van der Waals surface area contributed by atoms with Gasteiger partial charge in [0, 0.05) is 11.6 Å². The van der Waals surface area contributed by atoms with E-state index in [9.17, 15) is 0 Å². The Bertz CT molecular complexity index is 193. The first-order valence-corrected chi connectivity index (χ1v) is 6.57. The quantitative estimate of drug-likeness (QED) is 0.524. The second kappa shape index (κ2) is 6.55. The number of hydrogen-bond donors (Lipinski definition) is 4. The van der Waals surface area contributed by atoms with Crippen molar-refractivity contribution < 1.29 is 0 Å². The van der Waals surface area contributed by atoms with Crippen molar-refractivity contribution in [3.63, 3.8) is 0 Å². The lowest BCUT2D eigenvalue weighted by Gasteiger charge is -2.44. The fourth-order valence-electron chi connectivity index (χ4n) is 2.91. The van der Waals surface area contributed by atoms with Crippen molar-refractivity contribution in [3.05, 3.63) is 0 Å². The van der Waals surface area contributed by atoms with Gasteiger partial charge >= 0.3 is 0 Å². The van der Waals surface area contributed by atoms with Crippen molar-refractivity contribution in [1.29, 1.82) is 0 Å². The van der Waals surface area contributed by atoms with Crippen LogP contribution in [-0.2, 0) is 0 Å². The molecule has 0 aromatic carbocycles. The van der Waals surface area contributed by atoms with Gasteiger partial charge in [0.05, 0.1) is 0 Å². The summed E-state index contributed by atoms with van der Waals surface area (Å²) >= 11 is 0. The first kappa shape index (κ1) is 13.9. The van der Waals surface area contributed by atoms with Gasteiger partial charge in [-0.15, -0.1) is 0 Å². The Morgan fingerprint density at radius 1 is 1.12 bits per heavy atom. The molecule has 0 aliphatic heterocycles. The molecule has 0 bridgehead atoms. The molecule has 4 heteroatoms. The summed E-state index contributed by atoms with van der Waals surface area (Å²) in [6.07, 6.45) is 7.38. The predicted molar refractivity (Wildman–Crippen MR) is 68.8 cm³/mol. The van der Waals surface area contributed by atoms with Gasteiger partial charge in [-0.2, -0.15) is 0 Å². The monoisotopic (exact) mass is 228 g/mol. The van der Waals surface area contributed by atoms with Crippen LogP contribution in [0.1, 0.15) is 44.9 Å². The Labute approximate surface area is 99.1 Å². The summed E-state index contributed by atoms with van der Waals surface area (Å²) < 4.78 is 0. The minimum absolute atomic E-state index is 0.0373. The highest BCUT2D eigenvalue weighted by Gasteiger charge is 2.38. The zero-order valence-corrected chi connectivity index (χ0v) is 10.3. The highest BCUT2D eigenvalue weighted by molar-refractivity contribution is 4.97. The molecular weight excluding hydrogens is 200 g/mol. The van der Waals surface area contributed by atoms with Crippen molar-refractivity contribution in [2.75, 3.05) is 13.1 Å². The molecule has 0 radical (unpaired) electrons. The third kappa shape index (κ3) is 3.70. The minimum Gasteiger partial charge on any atom is -0.330 e. The van der Waals surface area contributed by atoms with Crippen molar-refractivity contribution in [2.24, 2.45) is 28.9 Å². The summed E-state index contributed by atoms with van der Waals surface area (Å²) in [5.74, 6) is 0.534. The third-order valence-electron chi connectivity index (χ3n) is 3.98. The zero-order chi connectivity index (χ0) is 12.0. The molecule has 0 aromatic rings. The van der Waals surface area contributed by atoms with Crippen LogP contribution in [0.4, 0.5) is 0 Å². The summed E-state index contributed by atoms with van der Waals surface area (Å²) in [5.41, 5.74) is 23.7. The Morgan fingerprint density at radius 2 is 1.81 bits per heavy atom. The normalized spacial score (nSPS) is 35.2. The van der Waals surface area contributed by atoms with E-state index < -0.39 is 0 Å². The third-order valence-corrected chi connectivity index (χ3v) is 3.98. The van der Waals surface area contributed by atoms with Gasteiger partial charge in [-0.25, -0.2) is 0 Å². The summed E-state index contributed by atoms with van der Waals surface area (Å²) in [6, 6.07) is 0.331. The van der Waals surface area contributed by atoms with Crippen LogP contribution in [0.3, 0.4) is 0 Å². The first-order valence-electron chi connectivity index (χ1n) is 6.57. The number of rotatable bonds is 6. The SMILES string of the molecule is NCCCC1CC(N)CCC1(N)CCCN. The van der Waals surface area contributed by atoms with Crippen LogP contribution >= 0.6 is 0 Å². The average molecular weight is 228 g/mol. The highest BCUT2D eigenvalue weighted by atomic mass is 14.8. The molecule has 8 N–H and O–H groups in total. The largest absolute Gasteiger partial charge is 0.330 e. The van der Waals surface area contributed by atoms with E-state index in [-0.39, 0.29) is 5.54 Å². The molecule has 4 nitrogen and oxygen atoms in total. The van der Waals surface area contributed by atoms with Crippen LogP contribution in [0.2, 0.25) is 0 Å². The van der Waals surface area contributed by atoms with Crippen LogP contribution in [0.15, 0.2) is 0 Å². The molecule has 1 saturated carbocycles. The Balaban J connectivity index is 2.55. The molecule has 1 aliphatic carbocycles. The molecule has 1 rings (SSSR count). The van der Waals surface area contributed by atoms with Crippen molar-refractivity contribution in [3.8, 4) is 0 Å². The van der Waals surface area contributed by atoms with Gasteiger partial charge < -0.3 is 22.9 Å². The van der Waals surface area contributed by atoms with Crippen LogP contribution < -0.4 is 22.9 Å². The van der Waals surface area contributed by atoms with E-state index in [0.717, 1.165) is 58.0 Å². The molecule has 1 aliphatic rings. The van der Waals surface area contributed by atoms with Crippen LogP contribution in [0.25, 0.3) is 0 Å². The topological polar surface area (TPSA) is 104 Å². The standard InChI is InChI=1S/C12H28N4/c13-7-1-3-10-9-11(15)4-6-12(10,16)5-2-8-14/h10-11H,1-9,13-16H2. The smallest absolute Gasteiger partial charge is 0.0184 e. The maximum absolute atomic E-state index is 6.54. The lowest BCUT2D eigenvalue weighted by molar-refractivity contribution is 0.148. The van der Waals surface area contributed by atoms with E-state index in [1.54, 1.807) is 0 Å². The second-order valence-electron chi connectivity index (χ2n) is 5.29. The van der Waals surface area contributed by atoms with Crippen molar-refractivity contribution >= 4 is 0 Å². The molecule has 3 unspecified atom stereocenters. The van der Waals surface area contributed by atoms with Crippen LogP contribution in [0.5, 0.6) is 0 Å². The fraction of sp³-hybridized carbons (Fsp3) is 1.00. The van der Waals surface area contributed by atoms with E-state index >= 15 is 0 Å². The van der Waals surface area contributed by atoms with Crippen molar-refractivity contribution in [2.45, 2.75) is 56.5 Å². The van der Waals surface area contributed by atoms with Gasteiger partial charge in [0.15, 0.2) is 0 Å². The Morgan fingerprint density at radius 3 is 2.44 bits per heavy atom. The Hall–Kier alpha value is -0.160. The molecule has 3 atom stereocenters. The number of nitrogens with two attached hydrogens (primary N) is 4. The fourth-order valence-corrected chi connectivity index (χ4v) is 2.91. The molecule has 16 heavy (non-hydrogen) atoms. The van der Waals surface area contributed by atoms with E-state index in [1.165, 1.54) is 0 Å². The molecule has 96 valence electrons. The Kier molecular flexibility index (Phi) is 5.69. The number of hydrogen-bond acceptors (Lipinski definition) is 4. The maximum atomic E-state index is 6.54. The zero-order valence-electron chi connectivity index (χ0n) is 10.3. The van der Waals surface area contributed by atoms with Crippen LogP contribution in [-0.4, -0.2) is 24.7 Å². The summed E-state index contributed by atoms with van der Waals surface area (Å²) in [5, 5.41) is 0. The van der Waals surface area contributed by atoms with Gasteiger partial charge in [0.25, 0.3) is 0 Å². The summed E-state index contributed by atoms with van der Waals surface area (Å²) in [6.45, 7) is 1.48. The maximum Gasteiger partial charge on any atom is 0.0184 e. The first-order chi connectivity index (χ1) is 7.62. The summed E-state index contributed by atoms with van der Waals surface area (Å²) in [4.78, 5) is 0. The van der Waals surface area contributed by atoms with E-state index in [0.29, 0.717) is 12.0 Å². The summed E-state index contributed by atoms with van der Waals surface area (Å²) in [7, 11) is 0. The molecule has 0 heterocycles.